The summed E-state index contributed by atoms with van der Waals surface area (Å²) in [5.74, 6) is 1.20. The molecule has 0 aliphatic carbocycles. The van der Waals surface area contributed by atoms with Crippen LogP contribution >= 0.6 is 0 Å². The number of benzene rings is 1. The van der Waals surface area contributed by atoms with Crippen molar-refractivity contribution in [2.75, 3.05) is 13.2 Å². The zero-order valence-corrected chi connectivity index (χ0v) is 12.1. The van der Waals surface area contributed by atoms with Crippen molar-refractivity contribution in [1.29, 1.82) is 0 Å². The monoisotopic (exact) mass is 264 g/mol. The maximum atomic E-state index is 11.0. The summed E-state index contributed by atoms with van der Waals surface area (Å²) in [6, 6.07) is 7.79. The van der Waals surface area contributed by atoms with Crippen LogP contribution in [0.25, 0.3) is 0 Å². The molecular formula is C16H24O3. The molecule has 2 unspecified atom stereocenters. The molecule has 0 bridgehead atoms. The number of para-hydroxylation sites is 1. The van der Waals surface area contributed by atoms with Gasteiger partial charge in [-0.15, -0.1) is 0 Å². The van der Waals surface area contributed by atoms with E-state index in [2.05, 4.69) is 13.8 Å². The Morgan fingerprint density at radius 3 is 2.84 bits per heavy atom. The Labute approximate surface area is 115 Å². The molecule has 1 heterocycles. The van der Waals surface area contributed by atoms with Gasteiger partial charge in [0.15, 0.2) is 0 Å². The van der Waals surface area contributed by atoms with Crippen molar-refractivity contribution in [2.24, 2.45) is 5.92 Å². The van der Waals surface area contributed by atoms with Gasteiger partial charge in [0, 0.05) is 18.4 Å². The van der Waals surface area contributed by atoms with Gasteiger partial charge in [-0.3, -0.25) is 0 Å². The third-order valence-corrected chi connectivity index (χ3v) is 3.82. The van der Waals surface area contributed by atoms with Gasteiger partial charge in [0.2, 0.25) is 0 Å². The number of hydrogen-bond donors (Lipinski definition) is 1. The number of rotatable bonds is 4. The average molecular weight is 264 g/mol. The van der Waals surface area contributed by atoms with Gasteiger partial charge in [-0.05, 0) is 18.9 Å². The largest absolute Gasteiger partial charge is 0.493 e. The second kappa shape index (κ2) is 5.93. The highest BCUT2D eigenvalue weighted by Gasteiger charge is 2.39. The Morgan fingerprint density at radius 1 is 1.42 bits per heavy atom. The molecule has 2 atom stereocenters. The fourth-order valence-electron chi connectivity index (χ4n) is 2.68. The first-order chi connectivity index (χ1) is 9.07. The molecule has 3 nitrogen and oxygen atoms in total. The second-order valence-corrected chi connectivity index (χ2v) is 5.57. The van der Waals surface area contributed by atoms with E-state index in [0.29, 0.717) is 32.0 Å². The molecule has 1 aliphatic heterocycles. The molecule has 106 valence electrons. The maximum absolute atomic E-state index is 11.0. The third kappa shape index (κ3) is 3.10. The Morgan fingerprint density at radius 2 is 2.16 bits per heavy atom. The SMILES string of the molecule is CCOc1ccccc1C1(O)CCOC(C(C)C)C1. The van der Waals surface area contributed by atoms with Crippen molar-refractivity contribution in [2.45, 2.75) is 45.3 Å². The summed E-state index contributed by atoms with van der Waals surface area (Å²) in [7, 11) is 0. The van der Waals surface area contributed by atoms with Gasteiger partial charge in [0.1, 0.15) is 5.75 Å². The van der Waals surface area contributed by atoms with Gasteiger partial charge in [0.05, 0.1) is 24.9 Å². The van der Waals surface area contributed by atoms with Crippen LogP contribution in [-0.2, 0) is 10.3 Å². The topological polar surface area (TPSA) is 38.7 Å². The van der Waals surface area contributed by atoms with E-state index in [1.165, 1.54) is 0 Å². The third-order valence-electron chi connectivity index (χ3n) is 3.82. The standard InChI is InChI=1S/C16H24O3/c1-4-18-14-8-6-5-7-13(14)16(17)9-10-19-15(11-16)12(2)3/h5-8,12,15,17H,4,9-11H2,1-3H3. The highest BCUT2D eigenvalue weighted by Crippen LogP contribution is 2.40. The Kier molecular flexibility index (Phi) is 4.48. The normalized spacial score (nSPS) is 27.5. The molecule has 3 heteroatoms. The van der Waals surface area contributed by atoms with Crippen molar-refractivity contribution in [3.63, 3.8) is 0 Å². The molecule has 1 aromatic carbocycles. The predicted octanol–water partition coefficient (Wildman–Crippen LogP) is 3.11. The summed E-state index contributed by atoms with van der Waals surface area (Å²) >= 11 is 0. The van der Waals surface area contributed by atoms with Crippen LogP contribution in [0.15, 0.2) is 24.3 Å². The lowest BCUT2D eigenvalue weighted by Gasteiger charge is -2.39. The van der Waals surface area contributed by atoms with E-state index in [4.69, 9.17) is 9.47 Å². The molecule has 0 saturated carbocycles. The van der Waals surface area contributed by atoms with E-state index >= 15 is 0 Å². The van der Waals surface area contributed by atoms with E-state index < -0.39 is 5.60 Å². The maximum Gasteiger partial charge on any atom is 0.125 e. The lowest BCUT2D eigenvalue weighted by atomic mass is 9.80. The summed E-state index contributed by atoms with van der Waals surface area (Å²) in [4.78, 5) is 0. The van der Waals surface area contributed by atoms with Crippen molar-refractivity contribution in [3.05, 3.63) is 29.8 Å². The number of hydrogen-bond acceptors (Lipinski definition) is 3. The molecule has 1 aliphatic rings. The minimum atomic E-state index is -0.834. The summed E-state index contributed by atoms with van der Waals surface area (Å²) in [5.41, 5.74) is 0.0599. The van der Waals surface area contributed by atoms with E-state index in [-0.39, 0.29) is 6.10 Å². The molecule has 1 fully saturated rings. The van der Waals surface area contributed by atoms with Crippen LogP contribution in [0.3, 0.4) is 0 Å². The molecule has 0 spiro atoms. The highest BCUT2D eigenvalue weighted by atomic mass is 16.5. The number of aliphatic hydroxyl groups is 1. The van der Waals surface area contributed by atoms with Crippen LogP contribution in [0, 0.1) is 5.92 Å². The molecule has 2 rings (SSSR count). The first kappa shape index (κ1) is 14.4. The van der Waals surface area contributed by atoms with Gasteiger partial charge >= 0.3 is 0 Å². The molecule has 1 saturated heterocycles. The Balaban J connectivity index is 2.28. The Hall–Kier alpha value is -1.06. The van der Waals surface area contributed by atoms with E-state index in [1.54, 1.807) is 0 Å². The quantitative estimate of drug-likeness (QED) is 0.908. The lowest BCUT2D eigenvalue weighted by Crippen LogP contribution is -2.41. The summed E-state index contributed by atoms with van der Waals surface area (Å²) in [5, 5.41) is 11.0. The summed E-state index contributed by atoms with van der Waals surface area (Å²) in [6.07, 6.45) is 1.36. The minimum Gasteiger partial charge on any atom is -0.493 e. The lowest BCUT2D eigenvalue weighted by molar-refractivity contribution is -0.122. The van der Waals surface area contributed by atoms with Crippen LogP contribution in [0.5, 0.6) is 5.75 Å². The molecule has 19 heavy (non-hydrogen) atoms. The van der Waals surface area contributed by atoms with Crippen LogP contribution in [0.4, 0.5) is 0 Å². The molecule has 1 N–H and O–H groups in total. The van der Waals surface area contributed by atoms with Gasteiger partial charge in [-0.1, -0.05) is 32.0 Å². The Bertz CT molecular complexity index is 416. The molecule has 0 aromatic heterocycles. The fourth-order valence-corrected chi connectivity index (χ4v) is 2.68. The highest BCUT2D eigenvalue weighted by molar-refractivity contribution is 5.38. The van der Waals surface area contributed by atoms with E-state index in [0.717, 1.165) is 11.3 Å². The van der Waals surface area contributed by atoms with Crippen LogP contribution in [0.1, 0.15) is 39.2 Å². The van der Waals surface area contributed by atoms with Crippen LogP contribution < -0.4 is 4.74 Å². The minimum absolute atomic E-state index is 0.105. The van der Waals surface area contributed by atoms with Crippen LogP contribution in [0.2, 0.25) is 0 Å². The predicted molar refractivity (Wildman–Crippen MR) is 75.3 cm³/mol. The first-order valence-electron chi connectivity index (χ1n) is 7.13. The zero-order chi connectivity index (χ0) is 13.9. The van der Waals surface area contributed by atoms with Crippen molar-refractivity contribution in [1.82, 2.24) is 0 Å². The molecule has 0 amide bonds. The van der Waals surface area contributed by atoms with Crippen molar-refractivity contribution < 1.29 is 14.6 Å². The number of ether oxygens (including phenoxy) is 2. The van der Waals surface area contributed by atoms with Gasteiger partial charge in [-0.25, -0.2) is 0 Å². The van der Waals surface area contributed by atoms with Gasteiger partial charge in [0.25, 0.3) is 0 Å². The fraction of sp³-hybridized carbons (Fsp3) is 0.625. The molecule has 1 aromatic rings. The van der Waals surface area contributed by atoms with Crippen LogP contribution in [-0.4, -0.2) is 24.4 Å². The van der Waals surface area contributed by atoms with Gasteiger partial charge in [-0.2, -0.15) is 0 Å². The summed E-state index contributed by atoms with van der Waals surface area (Å²) < 4.78 is 11.4. The van der Waals surface area contributed by atoms with Crippen molar-refractivity contribution >= 4 is 0 Å². The average Bonchev–Trinajstić information content (AvgIpc) is 2.39. The van der Waals surface area contributed by atoms with E-state index in [1.807, 2.05) is 31.2 Å². The second-order valence-electron chi connectivity index (χ2n) is 5.57. The van der Waals surface area contributed by atoms with Crippen molar-refractivity contribution in [3.8, 4) is 5.75 Å². The first-order valence-corrected chi connectivity index (χ1v) is 7.13. The molecule has 0 radical (unpaired) electrons. The zero-order valence-electron chi connectivity index (χ0n) is 12.1. The van der Waals surface area contributed by atoms with E-state index in [9.17, 15) is 5.11 Å². The smallest absolute Gasteiger partial charge is 0.125 e. The molecular weight excluding hydrogens is 240 g/mol. The van der Waals surface area contributed by atoms with Gasteiger partial charge < -0.3 is 14.6 Å². The summed E-state index contributed by atoms with van der Waals surface area (Å²) in [6.45, 7) is 7.43.